The van der Waals surface area contributed by atoms with E-state index in [0.29, 0.717) is 0 Å². The molecule has 2 aromatic heterocycles. The molecule has 0 fully saturated rings. The molecule has 2 aromatic rings. The third-order valence-electron chi connectivity index (χ3n) is 2.65. The van der Waals surface area contributed by atoms with Crippen molar-refractivity contribution in [2.24, 2.45) is 0 Å². The van der Waals surface area contributed by atoms with E-state index in [2.05, 4.69) is 35.4 Å². The molecule has 2 rings (SSSR count). The average molecular weight is 246 g/mol. The van der Waals surface area contributed by atoms with Crippen LogP contribution in [0.15, 0.2) is 36.5 Å². The molecule has 0 unspecified atom stereocenters. The second-order valence-electron chi connectivity index (χ2n) is 3.97. The van der Waals surface area contributed by atoms with E-state index in [-0.39, 0.29) is 0 Å². The van der Waals surface area contributed by atoms with Crippen LogP contribution in [0.4, 0.5) is 0 Å². The highest BCUT2D eigenvalue weighted by molar-refractivity contribution is 7.11. The maximum absolute atomic E-state index is 4.30. The van der Waals surface area contributed by atoms with E-state index in [9.17, 15) is 0 Å². The third-order valence-corrected chi connectivity index (χ3v) is 3.88. The van der Waals surface area contributed by atoms with Crippen LogP contribution < -0.4 is 5.32 Å². The average Bonchev–Trinajstić information content (AvgIpc) is 2.84. The van der Waals surface area contributed by atoms with Crippen LogP contribution in [0.25, 0.3) is 0 Å². The van der Waals surface area contributed by atoms with Crippen molar-refractivity contribution >= 4 is 11.3 Å². The van der Waals surface area contributed by atoms with Crippen LogP contribution in [0, 0.1) is 0 Å². The van der Waals surface area contributed by atoms with Gasteiger partial charge in [-0.1, -0.05) is 13.0 Å². The number of pyridine rings is 1. The SMILES string of the molecule is CCc1ccc(CNCCc2ccccn2)s1. The minimum Gasteiger partial charge on any atom is -0.311 e. The molecule has 0 aromatic carbocycles. The lowest BCUT2D eigenvalue weighted by Gasteiger charge is -2.02. The Kier molecular flexibility index (Phi) is 4.71. The Morgan fingerprint density at radius 1 is 1.18 bits per heavy atom. The number of hydrogen-bond acceptors (Lipinski definition) is 3. The Morgan fingerprint density at radius 3 is 2.76 bits per heavy atom. The lowest BCUT2D eigenvalue weighted by molar-refractivity contribution is 0.686. The monoisotopic (exact) mass is 246 g/mol. The first kappa shape index (κ1) is 12.3. The van der Waals surface area contributed by atoms with E-state index >= 15 is 0 Å². The topological polar surface area (TPSA) is 24.9 Å². The molecule has 0 aliphatic heterocycles. The van der Waals surface area contributed by atoms with Crippen LogP contribution in [0.5, 0.6) is 0 Å². The Morgan fingerprint density at radius 2 is 2.06 bits per heavy atom. The molecule has 0 saturated heterocycles. The zero-order valence-electron chi connectivity index (χ0n) is 10.1. The fourth-order valence-electron chi connectivity index (χ4n) is 1.68. The fraction of sp³-hybridized carbons (Fsp3) is 0.357. The van der Waals surface area contributed by atoms with Gasteiger partial charge in [-0.05, 0) is 30.7 Å². The maximum Gasteiger partial charge on any atom is 0.0416 e. The van der Waals surface area contributed by atoms with E-state index < -0.39 is 0 Å². The van der Waals surface area contributed by atoms with Crippen LogP contribution in [0.2, 0.25) is 0 Å². The molecule has 0 aliphatic rings. The standard InChI is InChI=1S/C14H18N2S/c1-2-13-6-7-14(17-13)11-15-10-8-12-5-3-4-9-16-12/h3-7,9,15H,2,8,10-11H2,1H3. The van der Waals surface area contributed by atoms with Gasteiger partial charge in [-0.2, -0.15) is 0 Å². The zero-order chi connectivity index (χ0) is 11.9. The molecule has 0 bridgehead atoms. The zero-order valence-corrected chi connectivity index (χ0v) is 11.0. The second-order valence-corrected chi connectivity index (χ2v) is 5.22. The molecule has 2 nitrogen and oxygen atoms in total. The van der Waals surface area contributed by atoms with Gasteiger partial charge in [0.25, 0.3) is 0 Å². The van der Waals surface area contributed by atoms with Crippen LogP contribution in [0.1, 0.15) is 22.4 Å². The van der Waals surface area contributed by atoms with E-state index in [4.69, 9.17) is 0 Å². The summed E-state index contributed by atoms with van der Waals surface area (Å²) in [6.07, 6.45) is 3.98. The summed E-state index contributed by atoms with van der Waals surface area (Å²) in [5.41, 5.74) is 1.15. The van der Waals surface area contributed by atoms with Gasteiger partial charge in [0, 0.05) is 41.2 Å². The summed E-state index contributed by atoms with van der Waals surface area (Å²) in [7, 11) is 0. The molecular weight excluding hydrogens is 228 g/mol. The summed E-state index contributed by atoms with van der Waals surface area (Å²) >= 11 is 1.90. The molecule has 0 saturated carbocycles. The second kappa shape index (κ2) is 6.52. The number of nitrogens with zero attached hydrogens (tertiary/aromatic N) is 1. The van der Waals surface area contributed by atoms with Crippen molar-refractivity contribution in [1.82, 2.24) is 10.3 Å². The fourth-order valence-corrected chi connectivity index (χ4v) is 2.61. The van der Waals surface area contributed by atoms with Gasteiger partial charge in [0.2, 0.25) is 0 Å². The van der Waals surface area contributed by atoms with E-state index in [0.717, 1.165) is 31.6 Å². The van der Waals surface area contributed by atoms with Crippen molar-refractivity contribution in [2.75, 3.05) is 6.54 Å². The van der Waals surface area contributed by atoms with Crippen LogP contribution in [-0.4, -0.2) is 11.5 Å². The first-order valence-electron chi connectivity index (χ1n) is 6.06. The first-order valence-corrected chi connectivity index (χ1v) is 6.88. The number of hydrogen-bond donors (Lipinski definition) is 1. The van der Waals surface area contributed by atoms with Crippen molar-refractivity contribution in [3.05, 3.63) is 52.0 Å². The summed E-state index contributed by atoms with van der Waals surface area (Å²) in [6.45, 7) is 4.15. The van der Waals surface area contributed by atoms with Gasteiger partial charge in [-0.3, -0.25) is 4.98 Å². The molecule has 0 radical (unpaired) electrons. The van der Waals surface area contributed by atoms with Gasteiger partial charge in [0.05, 0.1) is 0 Å². The quantitative estimate of drug-likeness (QED) is 0.792. The normalized spacial score (nSPS) is 10.6. The first-order chi connectivity index (χ1) is 8.38. The lowest BCUT2D eigenvalue weighted by Crippen LogP contribution is -2.16. The Labute approximate surface area is 107 Å². The van der Waals surface area contributed by atoms with Crippen molar-refractivity contribution < 1.29 is 0 Å². The van der Waals surface area contributed by atoms with Gasteiger partial charge in [-0.25, -0.2) is 0 Å². The molecule has 0 spiro atoms. The summed E-state index contributed by atoms with van der Waals surface area (Å²) in [4.78, 5) is 7.19. The van der Waals surface area contributed by atoms with E-state index in [1.54, 1.807) is 0 Å². The van der Waals surface area contributed by atoms with Gasteiger partial charge >= 0.3 is 0 Å². The summed E-state index contributed by atoms with van der Waals surface area (Å²) in [5, 5.41) is 3.46. The summed E-state index contributed by atoms with van der Waals surface area (Å²) in [6, 6.07) is 10.5. The summed E-state index contributed by atoms with van der Waals surface area (Å²) in [5.74, 6) is 0. The number of aryl methyl sites for hydroxylation is 1. The molecule has 0 amide bonds. The van der Waals surface area contributed by atoms with Crippen molar-refractivity contribution in [1.29, 1.82) is 0 Å². The van der Waals surface area contributed by atoms with Crippen LogP contribution >= 0.6 is 11.3 Å². The van der Waals surface area contributed by atoms with Gasteiger partial charge in [0.15, 0.2) is 0 Å². The molecular formula is C14H18N2S. The molecule has 0 atom stereocenters. The highest BCUT2D eigenvalue weighted by Gasteiger charge is 1.98. The van der Waals surface area contributed by atoms with Gasteiger partial charge < -0.3 is 5.32 Å². The van der Waals surface area contributed by atoms with E-state index in [1.165, 1.54) is 9.75 Å². The van der Waals surface area contributed by atoms with Crippen LogP contribution in [0.3, 0.4) is 0 Å². The maximum atomic E-state index is 4.30. The Hall–Kier alpha value is -1.19. The Balaban J connectivity index is 1.69. The molecule has 2 heterocycles. The molecule has 3 heteroatoms. The third kappa shape index (κ3) is 3.95. The largest absolute Gasteiger partial charge is 0.311 e. The van der Waals surface area contributed by atoms with Crippen LogP contribution in [-0.2, 0) is 19.4 Å². The molecule has 17 heavy (non-hydrogen) atoms. The summed E-state index contributed by atoms with van der Waals surface area (Å²) < 4.78 is 0. The predicted octanol–water partition coefficient (Wildman–Crippen LogP) is 3.04. The number of nitrogens with one attached hydrogen (secondary N) is 1. The minimum atomic E-state index is 0.970. The van der Waals surface area contributed by atoms with Gasteiger partial charge in [-0.15, -0.1) is 11.3 Å². The number of aromatic nitrogens is 1. The van der Waals surface area contributed by atoms with Crippen molar-refractivity contribution in [2.45, 2.75) is 26.3 Å². The molecule has 1 N–H and O–H groups in total. The minimum absolute atomic E-state index is 0.970. The number of thiophene rings is 1. The highest BCUT2D eigenvalue weighted by Crippen LogP contribution is 2.16. The number of rotatable bonds is 6. The van der Waals surface area contributed by atoms with Gasteiger partial charge in [0.1, 0.15) is 0 Å². The van der Waals surface area contributed by atoms with Crippen molar-refractivity contribution in [3.8, 4) is 0 Å². The molecule has 0 aliphatic carbocycles. The Bertz CT molecular complexity index is 436. The lowest BCUT2D eigenvalue weighted by atomic mass is 10.3. The highest BCUT2D eigenvalue weighted by atomic mass is 32.1. The van der Waals surface area contributed by atoms with E-state index in [1.807, 2.05) is 29.7 Å². The van der Waals surface area contributed by atoms with Crippen molar-refractivity contribution in [3.63, 3.8) is 0 Å². The predicted molar refractivity (Wildman–Crippen MR) is 73.3 cm³/mol. The smallest absolute Gasteiger partial charge is 0.0416 e. The molecule has 90 valence electrons.